The van der Waals surface area contributed by atoms with E-state index in [4.69, 9.17) is 9.47 Å². The molecule has 2 unspecified atom stereocenters. The van der Waals surface area contributed by atoms with Gasteiger partial charge in [-0.05, 0) is 18.1 Å². The molecular weight excluding hydrogens is 390 g/mol. The molecule has 1 N–H and O–H groups in total. The largest absolute Gasteiger partial charge is 0.367 e. The molecule has 162 valence electrons. The molecule has 0 aliphatic carbocycles. The maximum atomic E-state index is 12.1. The Bertz CT molecular complexity index is 833. The maximum Gasteiger partial charge on any atom is 0.292 e. The van der Waals surface area contributed by atoms with Crippen LogP contribution in [0, 0.1) is 20.2 Å². The molecule has 2 rings (SSSR count). The zero-order valence-electron chi connectivity index (χ0n) is 17.3. The van der Waals surface area contributed by atoms with E-state index in [1.165, 1.54) is 20.3 Å². The maximum absolute atomic E-state index is 12.1. The summed E-state index contributed by atoms with van der Waals surface area (Å²) in [4.78, 5) is 22.6. The number of nitro benzene ring substituents is 1. The van der Waals surface area contributed by atoms with Crippen LogP contribution < -0.4 is 5.32 Å². The third-order valence-corrected chi connectivity index (χ3v) is 5.33. The third-order valence-electron chi connectivity index (χ3n) is 5.33. The zero-order chi connectivity index (χ0) is 22.1. The van der Waals surface area contributed by atoms with Gasteiger partial charge in [0.15, 0.2) is 5.79 Å². The molecular formula is C21H27N3O6. The number of para-hydroxylation sites is 2. The molecule has 0 radical (unpaired) electrons. The zero-order valence-corrected chi connectivity index (χ0v) is 17.3. The van der Waals surface area contributed by atoms with Gasteiger partial charge in [0.25, 0.3) is 5.69 Å². The highest BCUT2D eigenvalue weighted by Crippen LogP contribution is 2.33. The van der Waals surface area contributed by atoms with Crippen molar-refractivity contribution in [1.29, 1.82) is 0 Å². The molecule has 0 bridgehead atoms. The van der Waals surface area contributed by atoms with Crippen molar-refractivity contribution in [1.82, 2.24) is 0 Å². The highest BCUT2D eigenvalue weighted by Gasteiger charge is 2.38. The lowest BCUT2D eigenvalue weighted by molar-refractivity contribution is -0.527. The van der Waals surface area contributed by atoms with Crippen LogP contribution in [0.5, 0.6) is 0 Å². The lowest BCUT2D eigenvalue weighted by Gasteiger charge is -2.31. The van der Waals surface area contributed by atoms with Crippen molar-refractivity contribution in [2.45, 2.75) is 44.1 Å². The van der Waals surface area contributed by atoms with Crippen LogP contribution in [0.4, 0.5) is 11.4 Å². The predicted molar refractivity (Wildman–Crippen MR) is 113 cm³/mol. The number of ether oxygens (including phenoxy) is 2. The molecule has 0 spiro atoms. The topological polar surface area (TPSA) is 117 Å². The van der Waals surface area contributed by atoms with Crippen LogP contribution >= 0.6 is 0 Å². The van der Waals surface area contributed by atoms with Crippen LogP contribution in [-0.2, 0) is 9.47 Å². The number of methoxy groups -OCH3 is 2. The van der Waals surface area contributed by atoms with Gasteiger partial charge in [-0.1, -0.05) is 49.4 Å². The number of nitro groups is 2. The van der Waals surface area contributed by atoms with E-state index in [2.05, 4.69) is 5.32 Å². The van der Waals surface area contributed by atoms with Crippen molar-refractivity contribution in [3.63, 3.8) is 0 Å². The molecule has 0 aliphatic heterocycles. The van der Waals surface area contributed by atoms with Crippen LogP contribution in [0.25, 0.3) is 0 Å². The van der Waals surface area contributed by atoms with Gasteiger partial charge >= 0.3 is 0 Å². The van der Waals surface area contributed by atoms with Gasteiger partial charge in [0.05, 0.1) is 4.92 Å². The number of nitrogens with zero attached hydrogens (tertiary/aromatic N) is 2. The molecule has 9 nitrogen and oxygen atoms in total. The Hall–Kier alpha value is -3.04. The Morgan fingerprint density at radius 1 is 1.00 bits per heavy atom. The summed E-state index contributed by atoms with van der Waals surface area (Å²) >= 11 is 0. The Balaban J connectivity index is 2.42. The van der Waals surface area contributed by atoms with E-state index >= 15 is 0 Å². The van der Waals surface area contributed by atoms with Crippen LogP contribution in [0.3, 0.4) is 0 Å². The quantitative estimate of drug-likeness (QED) is 0.305. The minimum absolute atomic E-state index is 0.141. The molecule has 2 aromatic carbocycles. The van der Waals surface area contributed by atoms with Crippen molar-refractivity contribution in [3.05, 3.63) is 80.4 Å². The molecule has 0 heterocycles. The molecule has 0 aromatic heterocycles. The van der Waals surface area contributed by atoms with E-state index in [1.54, 1.807) is 42.5 Å². The normalized spacial score (nSPS) is 13.4. The Kier molecular flexibility index (Phi) is 8.25. The van der Waals surface area contributed by atoms with E-state index in [9.17, 15) is 20.2 Å². The van der Waals surface area contributed by atoms with Crippen LogP contribution in [0.15, 0.2) is 54.6 Å². The average Bonchev–Trinajstić information content (AvgIpc) is 2.76. The van der Waals surface area contributed by atoms with Crippen molar-refractivity contribution in [3.8, 4) is 0 Å². The lowest BCUT2D eigenvalue weighted by Crippen LogP contribution is -2.38. The second-order valence-electron chi connectivity index (χ2n) is 6.87. The first-order chi connectivity index (χ1) is 14.4. The Labute approximate surface area is 175 Å². The summed E-state index contributed by atoms with van der Waals surface area (Å²) in [5.74, 6) is -0.922. The van der Waals surface area contributed by atoms with Gasteiger partial charge in [-0.2, -0.15) is 0 Å². The first-order valence-electron chi connectivity index (χ1n) is 9.66. The van der Waals surface area contributed by atoms with Crippen molar-refractivity contribution in [2.75, 3.05) is 19.5 Å². The molecule has 0 saturated heterocycles. The Morgan fingerprint density at radius 3 is 2.13 bits per heavy atom. The molecule has 0 amide bonds. The van der Waals surface area contributed by atoms with E-state index in [0.717, 1.165) is 0 Å². The molecule has 9 heteroatoms. The van der Waals surface area contributed by atoms with Gasteiger partial charge in [-0.25, -0.2) is 0 Å². The van der Waals surface area contributed by atoms with Crippen LogP contribution in [-0.4, -0.2) is 35.9 Å². The fourth-order valence-corrected chi connectivity index (χ4v) is 3.50. The van der Waals surface area contributed by atoms with Gasteiger partial charge in [0, 0.05) is 38.1 Å². The standard InChI is InChI=1S/C21H27N3O6/c1-4-21(29-2,30-3)15-14-19(24(27)28)20(16-10-6-5-7-11-16)22-17-12-8-9-13-18(17)23(25)26/h5-13,19-20,22H,4,14-15H2,1-3H3. The summed E-state index contributed by atoms with van der Waals surface area (Å²) in [5, 5.41) is 26.5. The van der Waals surface area contributed by atoms with Crippen LogP contribution in [0.2, 0.25) is 0 Å². The number of rotatable bonds is 12. The fourth-order valence-electron chi connectivity index (χ4n) is 3.50. The summed E-state index contributed by atoms with van der Waals surface area (Å²) in [6.07, 6.45) is 0.970. The molecule has 0 aliphatic rings. The number of hydrogen-bond donors (Lipinski definition) is 1. The van der Waals surface area contributed by atoms with E-state index < -0.39 is 22.8 Å². The number of hydrogen-bond acceptors (Lipinski definition) is 7. The number of nitrogens with one attached hydrogen (secondary N) is 1. The van der Waals surface area contributed by atoms with Gasteiger partial charge in [0.1, 0.15) is 11.7 Å². The minimum atomic E-state index is -1.07. The third kappa shape index (κ3) is 5.52. The fraction of sp³-hybridized carbons (Fsp3) is 0.429. The smallest absolute Gasteiger partial charge is 0.292 e. The van der Waals surface area contributed by atoms with Gasteiger partial charge in [0.2, 0.25) is 6.04 Å². The highest BCUT2D eigenvalue weighted by molar-refractivity contribution is 5.62. The van der Waals surface area contributed by atoms with E-state index in [0.29, 0.717) is 18.4 Å². The predicted octanol–water partition coefficient (Wildman–Crippen LogP) is 4.57. The average molecular weight is 417 g/mol. The van der Waals surface area contributed by atoms with Crippen molar-refractivity contribution in [2.24, 2.45) is 0 Å². The van der Waals surface area contributed by atoms with E-state index in [1.807, 2.05) is 13.0 Å². The minimum Gasteiger partial charge on any atom is -0.367 e. The van der Waals surface area contributed by atoms with Crippen LogP contribution in [0.1, 0.15) is 37.8 Å². The van der Waals surface area contributed by atoms with Crippen molar-refractivity contribution >= 4 is 11.4 Å². The number of benzene rings is 2. The second kappa shape index (κ2) is 10.7. The SMILES string of the molecule is CCC(CCC(C(Nc1ccccc1[N+](=O)[O-])c1ccccc1)[N+](=O)[O-])(OC)OC. The van der Waals surface area contributed by atoms with E-state index in [-0.39, 0.29) is 22.7 Å². The highest BCUT2D eigenvalue weighted by atomic mass is 16.7. The lowest BCUT2D eigenvalue weighted by atomic mass is 9.93. The summed E-state index contributed by atoms with van der Waals surface area (Å²) in [5.41, 5.74) is 0.745. The molecule has 0 saturated carbocycles. The summed E-state index contributed by atoms with van der Waals surface area (Å²) in [7, 11) is 3.02. The second-order valence-corrected chi connectivity index (χ2v) is 6.87. The first-order valence-corrected chi connectivity index (χ1v) is 9.66. The monoisotopic (exact) mass is 417 g/mol. The molecule has 0 fully saturated rings. The molecule has 2 atom stereocenters. The summed E-state index contributed by atoms with van der Waals surface area (Å²) in [6, 6.07) is 13.2. The van der Waals surface area contributed by atoms with Gasteiger partial charge in [-0.3, -0.25) is 20.2 Å². The number of anilines is 1. The molecule has 30 heavy (non-hydrogen) atoms. The first kappa shape index (κ1) is 23.2. The summed E-state index contributed by atoms with van der Waals surface area (Å²) in [6.45, 7) is 1.88. The van der Waals surface area contributed by atoms with Crippen molar-refractivity contribution < 1.29 is 19.3 Å². The Morgan fingerprint density at radius 2 is 1.60 bits per heavy atom. The van der Waals surface area contributed by atoms with Gasteiger partial charge in [-0.15, -0.1) is 0 Å². The molecule has 2 aromatic rings. The summed E-state index contributed by atoms with van der Waals surface area (Å²) < 4.78 is 10.9. The van der Waals surface area contributed by atoms with Gasteiger partial charge < -0.3 is 14.8 Å².